The summed E-state index contributed by atoms with van der Waals surface area (Å²) in [6.07, 6.45) is -0.759. The number of nitrogens with zero attached hydrogens (tertiary/aromatic N) is 2. The number of ether oxygens (including phenoxy) is 2. The Morgan fingerprint density at radius 2 is 1.52 bits per heavy atom. The average Bonchev–Trinajstić information content (AvgIpc) is 2.75. The van der Waals surface area contributed by atoms with E-state index in [1.165, 1.54) is 47.8 Å². The number of amides is 1. The maximum atomic E-state index is 13.0. The molecule has 1 aliphatic rings. The van der Waals surface area contributed by atoms with Crippen molar-refractivity contribution in [2.75, 3.05) is 33.3 Å². The number of carbonyl (C=O) groups excluding carboxylic acids is 1. The third-order valence-electron chi connectivity index (χ3n) is 4.72. The van der Waals surface area contributed by atoms with E-state index in [9.17, 15) is 17.6 Å². The highest BCUT2D eigenvalue weighted by Gasteiger charge is 2.32. The Labute approximate surface area is 169 Å². The van der Waals surface area contributed by atoms with Crippen molar-refractivity contribution in [3.05, 3.63) is 54.3 Å². The van der Waals surface area contributed by atoms with Crippen molar-refractivity contribution in [1.82, 2.24) is 9.21 Å². The third-order valence-corrected chi connectivity index (χ3v) is 6.63. The van der Waals surface area contributed by atoms with E-state index in [0.717, 1.165) is 0 Å². The first-order chi connectivity index (χ1) is 13.8. The van der Waals surface area contributed by atoms with E-state index < -0.39 is 16.1 Å². The van der Waals surface area contributed by atoms with Crippen molar-refractivity contribution < 1.29 is 27.1 Å². The van der Waals surface area contributed by atoms with E-state index in [1.807, 2.05) is 0 Å². The van der Waals surface area contributed by atoms with E-state index >= 15 is 0 Å². The number of rotatable bonds is 6. The highest BCUT2D eigenvalue weighted by atomic mass is 32.2. The molecule has 0 aliphatic carbocycles. The molecular formula is C20H23FN2O5S. The van der Waals surface area contributed by atoms with Gasteiger partial charge >= 0.3 is 0 Å². The Kier molecular flexibility index (Phi) is 6.39. The predicted octanol–water partition coefficient (Wildman–Crippen LogP) is 2.13. The Morgan fingerprint density at radius 3 is 2.07 bits per heavy atom. The van der Waals surface area contributed by atoms with Gasteiger partial charge in [0.25, 0.3) is 5.91 Å². The maximum absolute atomic E-state index is 13.0. The molecule has 0 N–H and O–H groups in total. The van der Waals surface area contributed by atoms with Gasteiger partial charge in [0.15, 0.2) is 6.10 Å². The van der Waals surface area contributed by atoms with Gasteiger partial charge in [-0.1, -0.05) is 0 Å². The Balaban J connectivity index is 1.58. The fourth-order valence-corrected chi connectivity index (χ4v) is 4.49. The molecule has 29 heavy (non-hydrogen) atoms. The number of piperazine rings is 1. The number of methoxy groups -OCH3 is 1. The summed E-state index contributed by atoms with van der Waals surface area (Å²) in [5.74, 6) is 0.351. The van der Waals surface area contributed by atoms with Crippen LogP contribution in [0.5, 0.6) is 11.5 Å². The fourth-order valence-electron chi connectivity index (χ4n) is 3.07. The average molecular weight is 422 g/mol. The molecule has 0 bridgehead atoms. The summed E-state index contributed by atoms with van der Waals surface area (Å²) in [6.45, 7) is 2.55. The van der Waals surface area contributed by atoms with E-state index in [1.54, 1.807) is 24.0 Å². The molecule has 2 aromatic rings. The predicted molar refractivity (Wildman–Crippen MR) is 105 cm³/mol. The molecule has 0 radical (unpaired) electrons. The van der Waals surface area contributed by atoms with Crippen LogP contribution in [0.3, 0.4) is 0 Å². The summed E-state index contributed by atoms with van der Waals surface area (Å²) in [5.41, 5.74) is 0. The smallest absolute Gasteiger partial charge is 0.263 e. The van der Waals surface area contributed by atoms with Gasteiger partial charge < -0.3 is 14.4 Å². The van der Waals surface area contributed by atoms with Gasteiger partial charge in [0.1, 0.15) is 17.3 Å². The van der Waals surface area contributed by atoms with Gasteiger partial charge in [-0.2, -0.15) is 4.31 Å². The minimum atomic E-state index is -3.64. The number of sulfonamides is 1. The summed E-state index contributed by atoms with van der Waals surface area (Å²) in [7, 11) is -2.12. The van der Waals surface area contributed by atoms with Crippen molar-refractivity contribution in [3.63, 3.8) is 0 Å². The molecule has 0 saturated carbocycles. The molecule has 1 saturated heterocycles. The van der Waals surface area contributed by atoms with E-state index in [4.69, 9.17) is 9.47 Å². The van der Waals surface area contributed by atoms with Crippen LogP contribution in [0, 0.1) is 5.82 Å². The van der Waals surface area contributed by atoms with Gasteiger partial charge in [-0.15, -0.1) is 0 Å². The first kappa shape index (κ1) is 21.1. The molecule has 1 atom stereocenters. The zero-order chi connectivity index (χ0) is 21.0. The lowest BCUT2D eigenvalue weighted by Crippen LogP contribution is -2.53. The lowest BCUT2D eigenvalue weighted by molar-refractivity contribution is -0.139. The molecule has 0 unspecified atom stereocenters. The zero-order valence-corrected chi connectivity index (χ0v) is 17.1. The second-order valence-electron chi connectivity index (χ2n) is 6.62. The lowest BCUT2D eigenvalue weighted by atomic mass is 10.2. The van der Waals surface area contributed by atoms with Crippen molar-refractivity contribution in [1.29, 1.82) is 0 Å². The minimum absolute atomic E-state index is 0.186. The van der Waals surface area contributed by atoms with Crippen LogP contribution in [0.2, 0.25) is 0 Å². The molecule has 1 amide bonds. The van der Waals surface area contributed by atoms with Crippen molar-refractivity contribution in [2.45, 2.75) is 17.9 Å². The number of hydrogen-bond acceptors (Lipinski definition) is 5. The van der Waals surface area contributed by atoms with Gasteiger partial charge in [0.2, 0.25) is 10.0 Å². The van der Waals surface area contributed by atoms with Crippen molar-refractivity contribution in [3.8, 4) is 11.5 Å². The summed E-state index contributed by atoms with van der Waals surface area (Å²) in [4.78, 5) is 14.4. The fraction of sp³-hybridized carbons (Fsp3) is 0.350. The van der Waals surface area contributed by atoms with Crippen LogP contribution in [-0.2, 0) is 14.8 Å². The second kappa shape index (κ2) is 8.79. The monoisotopic (exact) mass is 422 g/mol. The van der Waals surface area contributed by atoms with E-state index in [-0.39, 0.29) is 42.8 Å². The van der Waals surface area contributed by atoms with Crippen LogP contribution in [0.1, 0.15) is 6.92 Å². The highest BCUT2D eigenvalue weighted by Crippen LogP contribution is 2.21. The molecule has 1 aliphatic heterocycles. The number of carbonyl (C=O) groups is 1. The molecule has 9 heteroatoms. The van der Waals surface area contributed by atoms with Crippen LogP contribution in [-0.4, -0.2) is 62.9 Å². The Morgan fingerprint density at radius 1 is 0.966 bits per heavy atom. The normalized spacial score (nSPS) is 16.3. The first-order valence-electron chi connectivity index (χ1n) is 9.16. The second-order valence-corrected chi connectivity index (χ2v) is 8.56. The van der Waals surface area contributed by atoms with Crippen molar-refractivity contribution >= 4 is 15.9 Å². The van der Waals surface area contributed by atoms with Crippen molar-refractivity contribution in [2.24, 2.45) is 0 Å². The summed E-state index contributed by atoms with van der Waals surface area (Å²) in [5, 5.41) is 0. The standard InChI is InChI=1S/C20H23FN2O5S/c1-15(28-18-5-3-16(21)4-6-18)20(24)22-11-13-23(14-12-22)29(25,26)19-9-7-17(27-2)8-10-19/h3-10,15H,11-14H2,1-2H3/t15-/m1/s1. The molecule has 1 fully saturated rings. The molecule has 0 spiro atoms. The van der Waals surface area contributed by atoms with E-state index in [0.29, 0.717) is 11.5 Å². The maximum Gasteiger partial charge on any atom is 0.263 e. The topological polar surface area (TPSA) is 76.2 Å². The Bertz CT molecular complexity index is 940. The summed E-state index contributed by atoms with van der Waals surface area (Å²) < 4.78 is 50.5. The van der Waals surface area contributed by atoms with Gasteiger partial charge in [0.05, 0.1) is 12.0 Å². The first-order valence-corrected chi connectivity index (χ1v) is 10.6. The van der Waals surface area contributed by atoms with Gasteiger partial charge in [-0.25, -0.2) is 12.8 Å². The van der Waals surface area contributed by atoms with Crippen LogP contribution in [0.25, 0.3) is 0 Å². The van der Waals surface area contributed by atoms with Gasteiger partial charge in [-0.05, 0) is 55.5 Å². The summed E-state index contributed by atoms with van der Waals surface area (Å²) in [6, 6.07) is 11.6. The van der Waals surface area contributed by atoms with E-state index in [2.05, 4.69) is 0 Å². The largest absolute Gasteiger partial charge is 0.497 e. The van der Waals surface area contributed by atoms with Crippen LogP contribution >= 0.6 is 0 Å². The third kappa shape index (κ3) is 4.86. The number of hydrogen-bond donors (Lipinski definition) is 0. The summed E-state index contributed by atoms with van der Waals surface area (Å²) >= 11 is 0. The SMILES string of the molecule is COc1ccc(S(=O)(=O)N2CCN(C(=O)[C@@H](C)Oc3ccc(F)cc3)CC2)cc1. The molecular weight excluding hydrogens is 399 g/mol. The van der Waals surface area contributed by atoms with Crippen LogP contribution in [0.15, 0.2) is 53.4 Å². The Hall–Kier alpha value is -2.65. The molecule has 1 heterocycles. The van der Waals surface area contributed by atoms with Crippen LogP contribution < -0.4 is 9.47 Å². The van der Waals surface area contributed by atoms with Crippen LogP contribution in [0.4, 0.5) is 4.39 Å². The zero-order valence-electron chi connectivity index (χ0n) is 16.2. The molecule has 3 rings (SSSR count). The minimum Gasteiger partial charge on any atom is -0.497 e. The quantitative estimate of drug-likeness (QED) is 0.713. The van der Waals surface area contributed by atoms with Gasteiger partial charge in [-0.3, -0.25) is 4.79 Å². The molecule has 7 nitrogen and oxygen atoms in total. The molecule has 0 aromatic heterocycles. The number of halogens is 1. The number of benzene rings is 2. The highest BCUT2D eigenvalue weighted by molar-refractivity contribution is 7.89. The lowest BCUT2D eigenvalue weighted by Gasteiger charge is -2.35. The van der Waals surface area contributed by atoms with Gasteiger partial charge in [0, 0.05) is 26.2 Å². The molecule has 156 valence electrons. The molecule has 2 aromatic carbocycles.